The van der Waals surface area contributed by atoms with E-state index < -0.39 is 0 Å². The highest BCUT2D eigenvalue weighted by Crippen LogP contribution is 2.39. The second-order valence-electron chi connectivity index (χ2n) is 3.21. The van der Waals surface area contributed by atoms with Gasteiger partial charge in [0.25, 0.3) is 0 Å². The minimum atomic E-state index is 0.592. The monoisotopic (exact) mass is 124 g/mol. The molecule has 0 aromatic rings. The van der Waals surface area contributed by atoms with Crippen molar-refractivity contribution in [1.82, 2.24) is 0 Å². The highest BCUT2D eigenvalue weighted by Gasteiger charge is 2.37. The van der Waals surface area contributed by atoms with Crippen LogP contribution in [0.1, 0.15) is 19.3 Å². The largest absolute Gasteiger partial charge is 0.380 e. The lowest BCUT2D eigenvalue weighted by Gasteiger charge is -2.42. The maximum Gasteiger partial charge on any atom is 0.0547 e. The Kier molecular flexibility index (Phi) is 1.12. The number of ether oxygens (including phenoxy) is 1. The molecule has 1 heterocycles. The molecule has 1 aliphatic carbocycles. The highest BCUT2D eigenvalue weighted by molar-refractivity contribution is 5.00. The maximum atomic E-state index is 5.18. The summed E-state index contributed by atoms with van der Waals surface area (Å²) in [6, 6.07) is 0. The summed E-state index contributed by atoms with van der Waals surface area (Å²) in [4.78, 5) is 0. The van der Waals surface area contributed by atoms with Crippen LogP contribution in [0.4, 0.5) is 0 Å². The summed E-state index contributed by atoms with van der Waals surface area (Å²) in [6.07, 6.45) is 8.45. The molecule has 1 spiro atoms. The molecule has 0 unspecified atom stereocenters. The van der Waals surface area contributed by atoms with E-state index in [1.807, 2.05) is 0 Å². The molecule has 2 rings (SSSR count). The summed E-state index contributed by atoms with van der Waals surface area (Å²) in [6.45, 7) is 2.02. The van der Waals surface area contributed by atoms with Gasteiger partial charge in [0, 0.05) is 5.41 Å². The van der Waals surface area contributed by atoms with E-state index in [2.05, 4.69) is 12.2 Å². The van der Waals surface area contributed by atoms with Crippen molar-refractivity contribution in [3.8, 4) is 0 Å². The molecule has 1 fully saturated rings. The fourth-order valence-electron chi connectivity index (χ4n) is 1.60. The molecule has 1 nitrogen and oxygen atoms in total. The highest BCUT2D eigenvalue weighted by atomic mass is 16.5. The molecular weight excluding hydrogens is 112 g/mol. The first kappa shape index (κ1) is 5.48. The van der Waals surface area contributed by atoms with E-state index in [0.717, 1.165) is 13.2 Å². The second kappa shape index (κ2) is 1.84. The van der Waals surface area contributed by atoms with Gasteiger partial charge in [0.05, 0.1) is 13.2 Å². The Morgan fingerprint density at radius 2 is 2.11 bits per heavy atom. The molecule has 1 heteroatoms. The van der Waals surface area contributed by atoms with Crippen LogP contribution in [0.15, 0.2) is 12.2 Å². The van der Waals surface area contributed by atoms with E-state index in [1.165, 1.54) is 19.3 Å². The molecular formula is C8H12O. The quantitative estimate of drug-likeness (QED) is 0.447. The van der Waals surface area contributed by atoms with E-state index in [9.17, 15) is 0 Å². The van der Waals surface area contributed by atoms with Crippen LogP contribution < -0.4 is 0 Å². The summed E-state index contributed by atoms with van der Waals surface area (Å²) >= 11 is 0. The third kappa shape index (κ3) is 0.799. The van der Waals surface area contributed by atoms with Crippen molar-refractivity contribution in [2.75, 3.05) is 13.2 Å². The van der Waals surface area contributed by atoms with Crippen LogP contribution in [0.2, 0.25) is 0 Å². The van der Waals surface area contributed by atoms with Gasteiger partial charge in [-0.15, -0.1) is 0 Å². The lowest BCUT2D eigenvalue weighted by molar-refractivity contribution is -0.116. The van der Waals surface area contributed by atoms with Gasteiger partial charge in [0.2, 0.25) is 0 Å². The van der Waals surface area contributed by atoms with Crippen molar-refractivity contribution in [2.24, 2.45) is 5.41 Å². The normalized spacial score (nSPS) is 30.2. The zero-order valence-corrected chi connectivity index (χ0v) is 5.60. The zero-order chi connectivity index (χ0) is 6.16. The number of allylic oxidation sites excluding steroid dienone is 2. The predicted molar refractivity (Wildman–Crippen MR) is 36.2 cm³/mol. The molecule has 0 amide bonds. The standard InChI is InChI=1S/C8H12O/c1-2-4-8(5-3-1)6-9-7-8/h1-2H,3-7H2. The van der Waals surface area contributed by atoms with Crippen LogP contribution in [-0.2, 0) is 4.74 Å². The lowest BCUT2D eigenvalue weighted by Crippen LogP contribution is -2.42. The second-order valence-corrected chi connectivity index (χ2v) is 3.21. The molecule has 0 N–H and O–H groups in total. The average molecular weight is 124 g/mol. The number of hydrogen-bond acceptors (Lipinski definition) is 1. The first-order chi connectivity index (χ1) is 4.41. The van der Waals surface area contributed by atoms with Crippen molar-refractivity contribution in [3.63, 3.8) is 0 Å². The fraction of sp³-hybridized carbons (Fsp3) is 0.750. The third-order valence-electron chi connectivity index (χ3n) is 2.38. The SMILES string of the molecule is C1=CCC2(CC1)COC2. The van der Waals surface area contributed by atoms with E-state index in [0.29, 0.717) is 5.41 Å². The van der Waals surface area contributed by atoms with Crippen molar-refractivity contribution < 1.29 is 4.74 Å². The van der Waals surface area contributed by atoms with E-state index in [4.69, 9.17) is 4.74 Å². The molecule has 9 heavy (non-hydrogen) atoms. The Labute approximate surface area is 55.7 Å². The van der Waals surface area contributed by atoms with Crippen molar-refractivity contribution in [3.05, 3.63) is 12.2 Å². The Hall–Kier alpha value is -0.300. The summed E-state index contributed by atoms with van der Waals surface area (Å²) < 4.78 is 5.18. The summed E-state index contributed by atoms with van der Waals surface area (Å²) in [5, 5.41) is 0. The molecule has 1 saturated heterocycles. The first-order valence-electron chi connectivity index (χ1n) is 3.64. The molecule has 50 valence electrons. The molecule has 0 atom stereocenters. The van der Waals surface area contributed by atoms with Gasteiger partial charge >= 0.3 is 0 Å². The van der Waals surface area contributed by atoms with Crippen LogP contribution >= 0.6 is 0 Å². The molecule has 2 aliphatic rings. The van der Waals surface area contributed by atoms with Gasteiger partial charge in [0.1, 0.15) is 0 Å². The van der Waals surface area contributed by atoms with Gasteiger partial charge in [-0.1, -0.05) is 12.2 Å². The van der Waals surface area contributed by atoms with Crippen LogP contribution in [0.5, 0.6) is 0 Å². The Bertz CT molecular complexity index is 134. The molecule has 0 aromatic heterocycles. The summed E-state index contributed by atoms with van der Waals surface area (Å²) in [5.41, 5.74) is 0.592. The lowest BCUT2D eigenvalue weighted by atomic mass is 9.76. The van der Waals surface area contributed by atoms with Crippen molar-refractivity contribution in [2.45, 2.75) is 19.3 Å². The Morgan fingerprint density at radius 3 is 2.44 bits per heavy atom. The minimum absolute atomic E-state index is 0.592. The van der Waals surface area contributed by atoms with E-state index in [-0.39, 0.29) is 0 Å². The predicted octanol–water partition coefficient (Wildman–Crippen LogP) is 1.74. The van der Waals surface area contributed by atoms with Crippen LogP contribution in [0, 0.1) is 5.41 Å². The van der Waals surface area contributed by atoms with Gasteiger partial charge in [-0.05, 0) is 19.3 Å². The molecule has 1 aliphatic heterocycles. The minimum Gasteiger partial charge on any atom is -0.380 e. The topological polar surface area (TPSA) is 9.23 Å². The summed E-state index contributed by atoms with van der Waals surface area (Å²) in [5.74, 6) is 0. The average Bonchev–Trinajstić information content (AvgIpc) is 1.87. The van der Waals surface area contributed by atoms with Crippen LogP contribution in [0.25, 0.3) is 0 Å². The van der Waals surface area contributed by atoms with Gasteiger partial charge in [-0.25, -0.2) is 0 Å². The van der Waals surface area contributed by atoms with Gasteiger partial charge < -0.3 is 4.74 Å². The third-order valence-corrected chi connectivity index (χ3v) is 2.38. The molecule has 0 saturated carbocycles. The first-order valence-corrected chi connectivity index (χ1v) is 3.64. The number of rotatable bonds is 0. The van der Waals surface area contributed by atoms with Crippen LogP contribution in [-0.4, -0.2) is 13.2 Å². The summed E-state index contributed by atoms with van der Waals surface area (Å²) in [7, 11) is 0. The Balaban J connectivity index is 2.04. The fourth-order valence-corrected chi connectivity index (χ4v) is 1.60. The van der Waals surface area contributed by atoms with Crippen molar-refractivity contribution in [1.29, 1.82) is 0 Å². The molecule has 0 bridgehead atoms. The van der Waals surface area contributed by atoms with Gasteiger partial charge in [0.15, 0.2) is 0 Å². The molecule has 0 aromatic carbocycles. The van der Waals surface area contributed by atoms with E-state index >= 15 is 0 Å². The van der Waals surface area contributed by atoms with Gasteiger partial charge in [-0.2, -0.15) is 0 Å². The van der Waals surface area contributed by atoms with Gasteiger partial charge in [-0.3, -0.25) is 0 Å². The smallest absolute Gasteiger partial charge is 0.0547 e. The Morgan fingerprint density at radius 1 is 1.22 bits per heavy atom. The van der Waals surface area contributed by atoms with Crippen molar-refractivity contribution >= 4 is 0 Å². The zero-order valence-electron chi connectivity index (χ0n) is 5.60. The van der Waals surface area contributed by atoms with Crippen LogP contribution in [0.3, 0.4) is 0 Å². The molecule has 0 radical (unpaired) electrons. The maximum absolute atomic E-state index is 5.18. The van der Waals surface area contributed by atoms with E-state index in [1.54, 1.807) is 0 Å². The number of hydrogen-bond donors (Lipinski definition) is 0.